The fourth-order valence-corrected chi connectivity index (χ4v) is 3.04. The summed E-state index contributed by atoms with van der Waals surface area (Å²) < 4.78 is 5.46. The number of anilines is 1. The molecule has 1 aromatic heterocycles. The molecule has 130 valence electrons. The molecule has 4 heteroatoms. The van der Waals surface area contributed by atoms with Crippen LogP contribution >= 0.6 is 0 Å². The second kappa shape index (κ2) is 7.71. The minimum atomic E-state index is 0.226. The van der Waals surface area contributed by atoms with E-state index < -0.39 is 0 Å². The number of nitrogen functional groups attached to an aromatic ring is 1. The van der Waals surface area contributed by atoms with E-state index in [0.29, 0.717) is 11.3 Å². The van der Waals surface area contributed by atoms with Gasteiger partial charge in [0.05, 0.1) is 12.8 Å². The summed E-state index contributed by atoms with van der Waals surface area (Å²) in [5, 5.41) is 9.57. The zero-order valence-corrected chi connectivity index (χ0v) is 15.0. The summed E-state index contributed by atoms with van der Waals surface area (Å²) in [6.07, 6.45) is 2.16. The van der Waals surface area contributed by atoms with Gasteiger partial charge in [0.1, 0.15) is 23.2 Å². The number of nitrogens with two attached hydrogens (primary N) is 1. The molecule has 0 spiro atoms. The number of ether oxygens (including phenoxy) is 1. The molecule has 0 aliphatic rings. The number of rotatable bonds is 5. The molecule has 0 fully saturated rings. The van der Waals surface area contributed by atoms with E-state index in [2.05, 4.69) is 30.1 Å². The first-order chi connectivity index (χ1) is 12.7. The predicted molar refractivity (Wildman–Crippen MR) is 105 cm³/mol. The fraction of sp³-hybridized carbons (Fsp3) is 0.182. The first-order valence-corrected chi connectivity index (χ1v) is 8.61. The van der Waals surface area contributed by atoms with Crippen LogP contribution in [0.4, 0.5) is 5.82 Å². The van der Waals surface area contributed by atoms with Gasteiger partial charge in [-0.1, -0.05) is 55.8 Å². The van der Waals surface area contributed by atoms with Crippen LogP contribution in [0.3, 0.4) is 0 Å². The number of nitriles is 1. The first-order valence-electron chi connectivity index (χ1n) is 8.61. The Morgan fingerprint density at radius 1 is 1.08 bits per heavy atom. The average Bonchev–Trinajstić information content (AvgIpc) is 2.68. The topological polar surface area (TPSA) is 71.9 Å². The Balaban J connectivity index is 2.15. The van der Waals surface area contributed by atoms with Gasteiger partial charge < -0.3 is 10.5 Å². The number of methoxy groups -OCH3 is 1. The van der Waals surface area contributed by atoms with Gasteiger partial charge in [-0.15, -0.1) is 0 Å². The monoisotopic (exact) mass is 343 g/mol. The summed E-state index contributed by atoms with van der Waals surface area (Å²) in [7, 11) is 1.61. The molecule has 0 saturated carbocycles. The maximum atomic E-state index is 9.57. The molecular formula is C22H21N3O. The average molecular weight is 343 g/mol. The van der Waals surface area contributed by atoms with Crippen molar-refractivity contribution in [3.8, 4) is 34.2 Å². The molecule has 4 nitrogen and oxygen atoms in total. The third kappa shape index (κ3) is 3.38. The molecule has 0 unspecified atom stereocenters. The first kappa shape index (κ1) is 17.5. The van der Waals surface area contributed by atoms with Crippen LogP contribution in [-0.4, -0.2) is 12.1 Å². The van der Waals surface area contributed by atoms with Crippen LogP contribution in [0.15, 0.2) is 54.6 Å². The zero-order valence-electron chi connectivity index (χ0n) is 15.0. The van der Waals surface area contributed by atoms with Crippen LogP contribution < -0.4 is 10.5 Å². The van der Waals surface area contributed by atoms with Gasteiger partial charge in [-0.2, -0.15) is 5.26 Å². The quantitative estimate of drug-likeness (QED) is 0.720. The Morgan fingerprint density at radius 2 is 1.81 bits per heavy atom. The molecular weight excluding hydrogens is 322 g/mol. The Bertz CT molecular complexity index is 956. The molecule has 0 bridgehead atoms. The van der Waals surface area contributed by atoms with Gasteiger partial charge in [-0.25, -0.2) is 4.98 Å². The molecule has 3 aromatic rings. The summed E-state index contributed by atoms with van der Waals surface area (Å²) in [6.45, 7) is 2.16. The third-order valence-corrected chi connectivity index (χ3v) is 4.34. The van der Waals surface area contributed by atoms with Crippen molar-refractivity contribution in [2.24, 2.45) is 0 Å². The van der Waals surface area contributed by atoms with Gasteiger partial charge in [0.2, 0.25) is 0 Å². The third-order valence-electron chi connectivity index (χ3n) is 4.34. The van der Waals surface area contributed by atoms with E-state index in [1.165, 1.54) is 5.56 Å². The lowest BCUT2D eigenvalue weighted by Gasteiger charge is -2.13. The van der Waals surface area contributed by atoms with Crippen LogP contribution in [0.1, 0.15) is 24.5 Å². The van der Waals surface area contributed by atoms with Crippen molar-refractivity contribution in [1.82, 2.24) is 4.98 Å². The maximum absolute atomic E-state index is 9.57. The molecule has 2 aromatic carbocycles. The number of aromatic nitrogens is 1. The lowest BCUT2D eigenvalue weighted by molar-refractivity contribution is 0.416. The Hall–Kier alpha value is -3.32. The van der Waals surface area contributed by atoms with Gasteiger partial charge in [0.25, 0.3) is 0 Å². The van der Waals surface area contributed by atoms with Crippen molar-refractivity contribution in [2.75, 3.05) is 12.8 Å². The standard InChI is InChI=1S/C22H21N3O/c1-3-6-15-9-11-16(12-10-15)20-13-18(19(14-23)22(24)25-20)17-7-4-5-8-21(17)26-2/h4-5,7-13H,3,6H2,1-2H3,(H2,24,25). The SMILES string of the molecule is CCCc1ccc(-c2cc(-c3ccccc3OC)c(C#N)c(N)n2)cc1. The van der Waals surface area contributed by atoms with Gasteiger partial charge in [0, 0.05) is 16.7 Å². The highest BCUT2D eigenvalue weighted by atomic mass is 16.5. The van der Waals surface area contributed by atoms with E-state index in [1.54, 1.807) is 7.11 Å². The number of aryl methyl sites for hydroxylation is 1. The van der Waals surface area contributed by atoms with E-state index in [4.69, 9.17) is 10.5 Å². The van der Waals surface area contributed by atoms with Crippen molar-refractivity contribution in [3.63, 3.8) is 0 Å². The van der Waals surface area contributed by atoms with Crippen molar-refractivity contribution in [2.45, 2.75) is 19.8 Å². The van der Waals surface area contributed by atoms with Crippen molar-refractivity contribution >= 4 is 5.82 Å². The lowest BCUT2D eigenvalue weighted by Crippen LogP contribution is -2.00. The number of nitrogens with zero attached hydrogens (tertiary/aromatic N) is 2. The molecule has 0 amide bonds. The highest BCUT2D eigenvalue weighted by Crippen LogP contribution is 2.36. The van der Waals surface area contributed by atoms with E-state index in [0.717, 1.165) is 35.2 Å². The number of hydrogen-bond acceptors (Lipinski definition) is 4. The van der Waals surface area contributed by atoms with Crippen LogP contribution in [0.5, 0.6) is 5.75 Å². The summed E-state index contributed by atoms with van der Waals surface area (Å²) in [5.41, 5.74) is 11.0. The molecule has 2 N–H and O–H groups in total. The molecule has 26 heavy (non-hydrogen) atoms. The molecule has 1 heterocycles. The van der Waals surface area contributed by atoms with E-state index in [-0.39, 0.29) is 5.82 Å². The summed E-state index contributed by atoms with van der Waals surface area (Å²) in [4.78, 5) is 4.45. The highest BCUT2D eigenvalue weighted by Gasteiger charge is 2.16. The Kier molecular flexibility index (Phi) is 5.19. The van der Waals surface area contributed by atoms with Crippen molar-refractivity contribution in [1.29, 1.82) is 5.26 Å². The summed E-state index contributed by atoms with van der Waals surface area (Å²) in [5.74, 6) is 0.919. The molecule has 0 saturated heterocycles. The number of benzene rings is 2. The largest absolute Gasteiger partial charge is 0.496 e. The number of hydrogen-bond donors (Lipinski definition) is 1. The zero-order chi connectivity index (χ0) is 18.5. The Morgan fingerprint density at radius 3 is 2.46 bits per heavy atom. The van der Waals surface area contributed by atoms with Gasteiger partial charge in [-0.05, 0) is 24.1 Å². The second-order valence-electron chi connectivity index (χ2n) is 6.07. The smallest absolute Gasteiger partial charge is 0.142 e. The van der Waals surface area contributed by atoms with Crippen molar-refractivity contribution < 1.29 is 4.74 Å². The van der Waals surface area contributed by atoms with Gasteiger partial charge in [0.15, 0.2) is 0 Å². The van der Waals surface area contributed by atoms with Crippen molar-refractivity contribution in [3.05, 3.63) is 65.7 Å². The number of pyridine rings is 1. The minimum absolute atomic E-state index is 0.226. The van der Waals surface area contributed by atoms with Crippen LogP contribution in [-0.2, 0) is 6.42 Å². The minimum Gasteiger partial charge on any atom is -0.496 e. The predicted octanol–water partition coefficient (Wildman–Crippen LogP) is 4.83. The highest BCUT2D eigenvalue weighted by molar-refractivity contribution is 5.83. The van der Waals surface area contributed by atoms with E-state index >= 15 is 0 Å². The molecule has 0 radical (unpaired) electrons. The van der Waals surface area contributed by atoms with Crippen LogP contribution in [0, 0.1) is 11.3 Å². The van der Waals surface area contributed by atoms with Crippen LogP contribution in [0.2, 0.25) is 0 Å². The summed E-state index contributed by atoms with van der Waals surface area (Å²) in [6, 6.07) is 20.0. The Labute approximate surface area is 153 Å². The van der Waals surface area contributed by atoms with Gasteiger partial charge >= 0.3 is 0 Å². The molecule has 0 aliphatic carbocycles. The normalized spacial score (nSPS) is 10.3. The summed E-state index contributed by atoms with van der Waals surface area (Å²) >= 11 is 0. The van der Waals surface area contributed by atoms with Gasteiger partial charge in [-0.3, -0.25) is 0 Å². The van der Waals surface area contributed by atoms with E-state index in [9.17, 15) is 5.26 Å². The molecule has 0 aliphatic heterocycles. The number of para-hydroxylation sites is 1. The second-order valence-corrected chi connectivity index (χ2v) is 6.07. The molecule has 0 atom stereocenters. The molecule has 3 rings (SSSR count). The van der Waals surface area contributed by atoms with Crippen LogP contribution in [0.25, 0.3) is 22.4 Å². The lowest BCUT2D eigenvalue weighted by atomic mass is 9.97. The maximum Gasteiger partial charge on any atom is 0.142 e. The fourth-order valence-electron chi connectivity index (χ4n) is 3.04. The van der Waals surface area contributed by atoms with E-state index in [1.807, 2.05) is 42.5 Å².